The molecule has 3 nitrogen and oxygen atoms in total. The highest BCUT2D eigenvalue weighted by Gasteiger charge is 2.31. The molecule has 0 aliphatic heterocycles. The summed E-state index contributed by atoms with van der Waals surface area (Å²) in [7, 11) is 0. The van der Waals surface area contributed by atoms with E-state index in [2.05, 4.69) is 21.4 Å². The highest BCUT2D eigenvalue weighted by atomic mass is 19.4. The molecule has 6 heteroatoms. The Morgan fingerprint density at radius 1 is 1.00 bits per heavy atom. The lowest BCUT2D eigenvalue weighted by atomic mass is 9.84. The summed E-state index contributed by atoms with van der Waals surface area (Å²) in [6.07, 6.45) is 3.36. The Bertz CT molecular complexity index is 647. The van der Waals surface area contributed by atoms with Gasteiger partial charge in [0.1, 0.15) is 0 Å². The Morgan fingerprint density at radius 3 is 2.35 bits per heavy atom. The first-order valence-electron chi connectivity index (χ1n) is 7.78. The van der Waals surface area contributed by atoms with Crippen molar-refractivity contribution in [1.29, 1.82) is 0 Å². The van der Waals surface area contributed by atoms with Crippen molar-refractivity contribution in [3.63, 3.8) is 0 Å². The van der Waals surface area contributed by atoms with Gasteiger partial charge in [0, 0.05) is 18.1 Å². The van der Waals surface area contributed by atoms with E-state index in [-0.39, 0.29) is 5.95 Å². The van der Waals surface area contributed by atoms with Crippen LogP contribution in [0.4, 0.5) is 24.8 Å². The molecule has 1 aliphatic rings. The second kappa shape index (κ2) is 6.56. The van der Waals surface area contributed by atoms with Crippen LogP contribution in [0.15, 0.2) is 36.7 Å². The van der Waals surface area contributed by atoms with Crippen LogP contribution in [-0.4, -0.2) is 9.97 Å². The standard InChI is InChI=1S/C17H18F3N3/c18-17(19,20)14-10-21-16(22-11-14)23-15-8-4-7-13(9-15)12-5-2-1-3-6-12/h4,7-12H,1-3,5-6H2,(H,21,22,23). The van der Waals surface area contributed by atoms with Crippen molar-refractivity contribution in [2.45, 2.75) is 44.2 Å². The van der Waals surface area contributed by atoms with Gasteiger partial charge in [-0.15, -0.1) is 0 Å². The summed E-state index contributed by atoms with van der Waals surface area (Å²) in [5.41, 5.74) is 1.22. The molecule has 1 aromatic carbocycles. The van der Waals surface area contributed by atoms with Crippen molar-refractivity contribution < 1.29 is 13.2 Å². The zero-order chi connectivity index (χ0) is 16.3. The number of hydrogen-bond acceptors (Lipinski definition) is 3. The molecule has 0 amide bonds. The molecule has 1 N–H and O–H groups in total. The molecule has 0 radical (unpaired) electrons. The van der Waals surface area contributed by atoms with E-state index in [1.807, 2.05) is 18.2 Å². The normalized spacial score (nSPS) is 16.3. The minimum atomic E-state index is -4.42. The maximum Gasteiger partial charge on any atom is 0.419 e. The van der Waals surface area contributed by atoms with Gasteiger partial charge in [-0.3, -0.25) is 0 Å². The van der Waals surface area contributed by atoms with Crippen LogP contribution in [0.1, 0.15) is 49.1 Å². The molecule has 0 atom stereocenters. The van der Waals surface area contributed by atoms with Gasteiger partial charge >= 0.3 is 6.18 Å². The summed E-state index contributed by atoms with van der Waals surface area (Å²) in [5.74, 6) is 0.734. The van der Waals surface area contributed by atoms with E-state index >= 15 is 0 Å². The average molecular weight is 321 g/mol. The second-order valence-corrected chi connectivity index (χ2v) is 5.88. The van der Waals surface area contributed by atoms with E-state index in [0.29, 0.717) is 5.92 Å². The van der Waals surface area contributed by atoms with E-state index in [0.717, 1.165) is 18.1 Å². The Labute approximate surface area is 133 Å². The summed E-state index contributed by atoms with van der Waals surface area (Å²) >= 11 is 0. The predicted molar refractivity (Wildman–Crippen MR) is 82.6 cm³/mol. The van der Waals surface area contributed by atoms with Gasteiger partial charge in [0.15, 0.2) is 0 Å². The van der Waals surface area contributed by atoms with Crippen LogP contribution in [0.2, 0.25) is 0 Å². The zero-order valence-corrected chi connectivity index (χ0v) is 12.6. The monoisotopic (exact) mass is 321 g/mol. The number of hydrogen-bond donors (Lipinski definition) is 1. The molecule has 0 bridgehead atoms. The molecule has 1 aliphatic carbocycles. The lowest BCUT2D eigenvalue weighted by molar-refractivity contribution is -0.138. The fourth-order valence-electron chi connectivity index (χ4n) is 2.97. The van der Waals surface area contributed by atoms with Gasteiger partial charge in [-0.05, 0) is 36.5 Å². The van der Waals surface area contributed by atoms with Gasteiger partial charge in [-0.25, -0.2) is 9.97 Å². The van der Waals surface area contributed by atoms with E-state index < -0.39 is 11.7 Å². The van der Waals surface area contributed by atoms with E-state index in [4.69, 9.17) is 0 Å². The third-order valence-corrected chi connectivity index (χ3v) is 4.20. The molecule has 1 aromatic heterocycles. The number of rotatable bonds is 3. The lowest BCUT2D eigenvalue weighted by Crippen LogP contribution is -2.08. The molecule has 1 heterocycles. The van der Waals surface area contributed by atoms with Crippen LogP contribution in [-0.2, 0) is 6.18 Å². The van der Waals surface area contributed by atoms with Crippen molar-refractivity contribution in [3.8, 4) is 0 Å². The van der Waals surface area contributed by atoms with Crippen LogP contribution in [0, 0.1) is 0 Å². The minimum absolute atomic E-state index is 0.166. The fraction of sp³-hybridized carbons (Fsp3) is 0.412. The molecule has 0 spiro atoms. The van der Waals surface area contributed by atoms with E-state index in [1.54, 1.807) is 0 Å². The van der Waals surface area contributed by atoms with Crippen LogP contribution in [0.25, 0.3) is 0 Å². The number of nitrogens with one attached hydrogen (secondary N) is 1. The zero-order valence-electron chi connectivity index (χ0n) is 12.6. The number of nitrogens with zero attached hydrogens (tertiary/aromatic N) is 2. The van der Waals surface area contributed by atoms with E-state index in [9.17, 15) is 13.2 Å². The minimum Gasteiger partial charge on any atom is -0.324 e. The van der Waals surface area contributed by atoms with Crippen LogP contribution >= 0.6 is 0 Å². The highest BCUT2D eigenvalue weighted by Crippen LogP contribution is 2.34. The maximum atomic E-state index is 12.5. The van der Waals surface area contributed by atoms with Gasteiger partial charge in [-0.2, -0.15) is 13.2 Å². The first-order valence-corrected chi connectivity index (χ1v) is 7.78. The quantitative estimate of drug-likeness (QED) is 0.835. The lowest BCUT2D eigenvalue weighted by Gasteiger charge is -2.22. The smallest absolute Gasteiger partial charge is 0.324 e. The highest BCUT2D eigenvalue weighted by molar-refractivity contribution is 5.54. The largest absolute Gasteiger partial charge is 0.419 e. The fourth-order valence-corrected chi connectivity index (χ4v) is 2.97. The molecule has 2 aromatic rings. The Kier molecular flexibility index (Phi) is 4.50. The molecule has 23 heavy (non-hydrogen) atoms. The Hall–Kier alpha value is -2.11. The summed E-state index contributed by atoms with van der Waals surface area (Å²) in [4.78, 5) is 7.48. The molecule has 1 fully saturated rings. The van der Waals surface area contributed by atoms with Gasteiger partial charge in [0.2, 0.25) is 5.95 Å². The summed E-state index contributed by atoms with van der Waals surface area (Å²) < 4.78 is 37.5. The third kappa shape index (κ3) is 4.00. The summed E-state index contributed by atoms with van der Waals surface area (Å²) in [5, 5.41) is 2.97. The molecule has 1 saturated carbocycles. The van der Waals surface area contributed by atoms with Crippen LogP contribution in [0.5, 0.6) is 0 Å². The average Bonchev–Trinajstić information content (AvgIpc) is 2.56. The van der Waals surface area contributed by atoms with Crippen LogP contribution < -0.4 is 5.32 Å². The topological polar surface area (TPSA) is 37.8 Å². The molecule has 0 saturated heterocycles. The summed E-state index contributed by atoms with van der Waals surface area (Å²) in [6.45, 7) is 0. The molecule has 122 valence electrons. The third-order valence-electron chi connectivity index (χ3n) is 4.20. The van der Waals surface area contributed by atoms with Crippen molar-refractivity contribution in [3.05, 3.63) is 47.8 Å². The predicted octanol–water partition coefficient (Wildman–Crippen LogP) is 5.29. The first-order chi connectivity index (χ1) is 11.0. The molecule has 3 rings (SSSR count). The van der Waals surface area contributed by atoms with Gasteiger partial charge in [-0.1, -0.05) is 31.4 Å². The maximum absolute atomic E-state index is 12.5. The van der Waals surface area contributed by atoms with Crippen molar-refractivity contribution in [2.75, 3.05) is 5.32 Å². The number of halogens is 3. The van der Waals surface area contributed by atoms with Crippen molar-refractivity contribution in [1.82, 2.24) is 9.97 Å². The summed E-state index contributed by atoms with van der Waals surface area (Å²) in [6, 6.07) is 7.97. The van der Waals surface area contributed by atoms with Gasteiger partial charge in [0.25, 0.3) is 0 Å². The number of alkyl halides is 3. The first kappa shape index (κ1) is 15.8. The van der Waals surface area contributed by atoms with Gasteiger partial charge in [0.05, 0.1) is 5.56 Å². The number of benzene rings is 1. The molecular weight excluding hydrogens is 303 g/mol. The van der Waals surface area contributed by atoms with Crippen molar-refractivity contribution in [2.24, 2.45) is 0 Å². The molecule has 0 unspecified atom stereocenters. The number of aromatic nitrogens is 2. The SMILES string of the molecule is FC(F)(F)c1cnc(Nc2cccc(C3CCCCC3)c2)nc1. The Morgan fingerprint density at radius 2 is 1.70 bits per heavy atom. The van der Waals surface area contributed by atoms with Crippen LogP contribution in [0.3, 0.4) is 0 Å². The number of anilines is 2. The molecular formula is C17H18F3N3. The second-order valence-electron chi connectivity index (χ2n) is 5.88. The van der Waals surface area contributed by atoms with Gasteiger partial charge < -0.3 is 5.32 Å². The van der Waals surface area contributed by atoms with E-state index in [1.165, 1.54) is 37.7 Å². The van der Waals surface area contributed by atoms with Crippen molar-refractivity contribution >= 4 is 11.6 Å². The Balaban J connectivity index is 1.72.